The van der Waals surface area contributed by atoms with Crippen molar-refractivity contribution in [3.05, 3.63) is 84.1 Å². The monoisotopic (exact) mass is 426 g/mol. The minimum absolute atomic E-state index is 0.0740. The molecule has 1 unspecified atom stereocenters. The predicted octanol–water partition coefficient (Wildman–Crippen LogP) is 5.24. The number of benzene rings is 2. The summed E-state index contributed by atoms with van der Waals surface area (Å²) in [5, 5.41) is 0.0740. The van der Waals surface area contributed by atoms with E-state index in [-0.39, 0.29) is 11.0 Å². The molecular weight excluding hydrogens is 406 g/mol. The zero-order valence-electron chi connectivity index (χ0n) is 16.0. The molecule has 1 aliphatic heterocycles. The van der Waals surface area contributed by atoms with Crippen molar-refractivity contribution in [2.45, 2.75) is 18.4 Å². The molecule has 0 saturated carbocycles. The zero-order valence-corrected chi connectivity index (χ0v) is 16.8. The summed E-state index contributed by atoms with van der Waals surface area (Å²) in [6, 6.07) is 20.3. The number of nitrogen functional groups attached to an aromatic ring is 1. The molecular formula is C22H20F2N4OS. The number of ether oxygens (including phenoxy) is 1. The Bertz CT molecular complexity index is 998. The molecule has 1 aromatic heterocycles. The number of aromatic nitrogens is 1. The maximum Gasteiger partial charge on any atom is 0.387 e. The van der Waals surface area contributed by atoms with Gasteiger partial charge in [0.2, 0.25) is 0 Å². The van der Waals surface area contributed by atoms with Crippen LogP contribution in [-0.4, -0.2) is 28.2 Å². The molecule has 5 nitrogen and oxygen atoms in total. The first-order valence-corrected chi connectivity index (χ1v) is 10.2. The van der Waals surface area contributed by atoms with Gasteiger partial charge in [-0.25, -0.2) is 9.29 Å². The van der Waals surface area contributed by atoms with E-state index in [1.165, 1.54) is 12.1 Å². The van der Waals surface area contributed by atoms with Crippen LogP contribution in [0.25, 0.3) is 0 Å². The third-order valence-electron chi connectivity index (χ3n) is 4.54. The van der Waals surface area contributed by atoms with E-state index < -0.39 is 6.61 Å². The molecule has 4 rings (SSSR count). The molecule has 0 spiro atoms. The van der Waals surface area contributed by atoms with Crippen LogP contribution < -0.4 is 10.5 Å². The molecule has 0 amide bonds. The summed E-state index contributed by atoms with van der Waals surface area (Å²) in [4.78, 5) is 8.98. The molecule has 154 valence electrons. The number of pyridine rings is 1. The molecule has 1 atom stereocenters. The van der Waals surface area contributed by atoms with E-state index in [0.717, 1.165) is 16.8 Å². The molecule has 3 aromatic rings. The Morgan fingerprint density at radius 1 is 1.10 bits per heavy atom. The Kier molecular flexibility index (Phi) is 6.25. The maximum absolute atomic E-state index is 12.4. The highest BCUT2D eigenvalue weighted by Crippen LogP contribution is 2.41. The molecule has 0 bridgehead atoms. The highest BCUT2D eigenvalue weighted by atomic mass is 32.2. The van der Waals surface area contributed by atoms with Gasteiger partial charge in [0.25, 0.3) is 0 Å². The van der Waals surface area contributed by atoms with Gasteiger partial charge in [-0.2, -0.15) is 8.78 Å². The Morgan fingerprint density at radius 2 is 1.87 bits per heavy atom. The molecule has 1 saturated heterocycles. The van der Waals surface area contributed by atoms with E-state index in [4.69, 9.17) is 10.7 Å². The van der Waals surface area contributed by atoms with Gasteiger partial charge in [0.1, 0.15) is 11.6 Å². The van der Waals surface area contributed by atoms with E-state index in [1.807, 2.05) is 24.3 Å². The third-order valence-corrected chi connectivity index (χ3v) is 5.85. The summed E-state index contributed by atoms with van der Waals surface area (Å²) in [5.74, 6) is 0.614. The van der Waals surface area contributed by atoms with E-state index in [0.29, 0.717) is 24.6 Å². The lowest BCUT2D eigenvalue weighted by molar-refractivity contribution is -0.0498. The summed E-state index contributed by atoms with van der Waals surface area (Å²) in [5.41, 5.74) is 9.61. The summed E-state index contributed by atoms with van der Waals surface area (Å²) < 4.78 is 31.4. The van der Waals surface area contributed by atoms with Crippen LogP contribution >= 0.6 is 11.9 Å². The lowest BCUT2D eigenvalue weighted by atomic mass is 10.1. The van der Waals surface area contributed by atoms with Crippen LogP contribution in [0, 0.1) is 0 Å². The Morgan fingerprint density at radius 3 is 2.53 bits per heavy atom. The van der Waals surface area contributed by atoms with Gasteiger partial charge in [0.15, 0.2) is 0 Å². The number of alkyl halides is 2. The topological polar surface area (TPSA) is 63.7 Å². The van der Waals surface area contributed by atoms with Crippen LogP contribution in [0.1, 0.15) is 16.4 Å². The smallest absolute Gasteiger partial charge is 0.387 e. The number of rotatable bonds is 6. The van der Waals surface area contributed by atoms with Crippen molar-refractivity contribution in [3.8, 4) is 5.75 Å². The van der Waals surface area contributed by atoms with Gasteiger partial charge in [-0.3, -0.25) is 4.99 Å². The molecule has 2 aromatic carbocycles. The van der Waals surface area contributed by atoms with Crippen molar-refractivity contribution in [3.63, 3.8) is 0 Å². The number of nitrogens with zero attached hydrogens (tertiary/aromatic N) is 3. The van der Waals surface area contributed by atoms with Crippen LogP contribution in [0.4, 0.5) is 20.3 Å². The fourth-order valence-corrected chi connectivity index (χ4v) is 4.44. The second kappa shape index (κ2) is 9.23. The maximum atomic E-state index is 12.4. The van der Waals surface area contributed by atoms with Crippen molar-refractivity contribution >= 4 is 29.2 Å². The Balaban J connectivity index is 1.56. The first-order chi connectivity index (χ1) is 14.6. The molecule has 2 N–H and O–H groups in total. The highest BCUT2D eigenvalue weighted by Gasteiger charge is 2.31. The molecule has 1 fully saturated rings. The lowest BCUT2D eigenvalue weighted by Crippen LogP contribution is -2.15. The Labute approximate surface area is 177 Å². The van der Waals surface area contributed by atoms with Crippen LogP contribution in [0.2, 0.25) is 0 Å². The minimum Gasteiger partial charge on any atom is -0.435 e. The first kappa shape index (κ1) is 20.3. The number of aliphatic imine (C=N–C) groups is 1. The molecule has 1 aliphatic rings. The Hall–Kier alpha value is -2.97. The van der Waals surface area contributed by atoms with E-state index in [2.05, 4.69) is 26.2 Å². The van der Waals surface area contributed by atoms with Crippen LogP contribution in [0.15, 0.2) is 77.9 Å². The summed E-state index contributed by atoms with van der Waals surface area (Å²) in [6.45, 7) is -1.46. The number of hydrogen-bond donors (Lipinski definition) is 1. The summed E-state index contributed by atoms with van der Waals surface area (Å²) in [7, 11) is 0. The molecule has 30 heavy (non-hydrogen) atoms. The fraction of sp³-hybridized carbons (Fsp3) is 0.182. The van der Waals surface area contributed by atoms with E-state index in [1.54, 1.807) is 36.3 Å². The summed E-state index contributed by atoms with van der Waals surface area (Å²) in [6.07, 6.45) is 1.78. The summed E-state index contributed by atoms with van der Waals surface area (Å²) >= 11 is 1.72. The standard InChI is InChI=1S/C22H20F2N4OS/c23-22(24)29-18-9-7-17(8-10-18)27-19-14-28(13-15-6-11-20(25)26-12-15)30-21(19)16-4-2-1-3-5-16/h1-12,21-22H,13-14H2,(H2,25,26). The van der Waals surface area contributed by atoms with Crippen molar-refractivity contribution in [1.29, 1.82) is 0 Å². The fourth-order valence-electron chi connectivity index (χ4n) is 3.18. The SMILES string of the molecule is Nc1ccc(CN2CC(=Nc3ccc(OC(F)F)cc3)C(c3ccccc3)S2)cn1. The van der Waals surface area contributed by atoms with Gasteiger partial charge >= 0.3 is 6.61 Å². The van der Waals surface area contributed by atoms with Crippen LogP contribution in [0.5, 0.6) is 5.75 Å². The van der Waals surface area contributed by atoms with Gasteiger partial charge in [-0.15, -0.1) is 0 Å². The molecule has 2 heterocycles. The van der Waals surface area contributed by atoms with E-state index >= 15 is 0 Å². The minimum atomic E-state index is -2.84. The van der Waals surface area contributed by atoms with Gasteiger partial charge in [-0.1, -0.05) is 48.3 Å². The zero-order chi connectivity index (χ0) is 20.9. The molecule has 0 radical (unpaired) electrons. The third kappa shape index (κ3) is 5.14. The van der Waals surface area contributed by atoms with Crippen molar-refractivity contribution in [2.75, 3.05) is 12.3 Å². The van der Waals surface area contributed by atoms with Gasteiger partial charge in [0.05, 0.1) is 16.6 Å². The predicted molar refractivity (Wildman–Crippen MR) is 116 cm³/mol. The van der Waals surface area contributed by atoms with E-state index in [9.17, 15) is 8.78 Å². The number of anilines is 1. The number of halogens is 2. The van der Waals surface area contributed by atoms with Gasteiger partial charge in [0, 0.05) is 19.3 Å². The van der Waals surface area contributed by atoms with Crippen molar-refractivity contribution in [2.24, 2.45) is 4.99 Å². The largest absolute Gasteiger partial charge is 0.435 e. The highest BCUT2D eigenvalue weighted by molar-refractivity contribution is 7.98. The molecule has 8 heteroatoms. The number of nitrogens with two attached hydrogens (primary N) is 1. The van der Waals surface area contributed by atoms with Crippen LogP contribution in [0.3, 0.4) is 0 Å². The quantitative estimate of drug-likeness (QED) is 0.546. The number of hydrogen-bond acceptors (Lipinski definition) is 6. The van der Waals surface area contributed by atoms with Gasteiger partial charge in [-0.05, 0) is 41.5 Å². The normalized spacial score (nSPS) is 18.2. The average molecular weight is 426 g/mol. The van der Waals surface area contributed by atoms with Crippen LogP contribution in [-0.2, 0) is 6.54 Å². The second-order valence-electron chi connectivity index (χ2n) is 6.76. The van der Waals surface area contributed by atoms with Crippen molar-refractivity contribution < 1.29 is 13.5 Å². The lowest BCUT2D eigenvalue weighted by Gasteiger charge is -2.14. The average Bonchev–Trinajstić information content (AvgIpc) is 3.13. The van der Waals surface area contributed by atoms with Gasteiger partial charge < -0.3 is 10.5 Å². The second-order valence-corrected chi connectivity index (χ2v) is 7.96. The molecule has 0 aliphatic carbocycles. The van der Waals surface area contributed by atoms with Crippen molar-refractivity contribution in [1.82, 2.24) is 9.29 Å². The first-order valence-electron chi connectivity index (χ1n) is 9.36.